The summed E-state index contributed by atoms with van der Waals surface area (Å²) in [5.41, 5.74) is 3.47. The number of ether oxygens (including phenoxy) is 2. The highest BCUT2D eigenvalue weighted by Crippen LogP contribution is 2.70. The van der Waals surface area contributed by atoms with Gasteiger partial charge in [0, 0.05) is 35.1 Å². The Kier molecular flexibility index (Phi) is 9.42. The third-order valence-electron chi connectivity index (χ3n) is 13.5. The van der Waals surface area contributed by atoms with Gasteiger partial charge >= 0.3 is 0 Å². The lowest BCUT2D eigenvalue weighted by Crippen LogP contribution is -2.54. The van der Waals surface area contributed by atoms with Gasteiger partial charge in [-0.2, -0.15) is 11.8 Å². The summed E-state index contributed by atoms with van der Waals surface area (Å²) < 4.78 is 18.9. The summed E-state index contributed by atoms with van der Waals surface area (Å²) in [5.74, 6) is 3.49. The van der Waals surface area contributed by atoms with Gasteiger partial charge in [0.05, 0.1) is 32.3 Å². The predicted molar refractivity (Wildman–Crippen MR) is 176 cm³/mol. The van der Waals surface area contributed by atoms with E-state index in [1.54, 1.807) is 5.57 Å². The van der Waals surface area contributed by atoms with Crippen molar-refractivity contribution in [3.05, 3.63) is 35.8 Å². The van der Waals surface area contributed by atoms with E-state index in [2.05, 4.69) is 47.6 Å². The monoisotopic (exact) mass is 610 g/mol. The third kappa shape index (κ3) is 5.83. The Hall–Kier alpha value is -0.790. The van der Waals surface area contributed by atoms with Gasteiger partial charge in [0.25, 0.3) is 0 Å². The Balaban J connectivity index is 0.977. The molecule has 0 aromatic carbocycles. The van der Waals surface area contributed by atoms with Crippen LogP contribution in [-0.4, -0.2) is 79.9 Å². The maximum absolute atomic E-state index is 7.15. The third-order valence-corrected chi connectivity index (χ3v) is 14.7. The van der Waals surface area contributed by atoms with Gasteiger partial charge < -0.3 is 23.7 Å². The van der Waals surface area contributed by atoms with Gasteiger partial charge in [-0.15, -0.1) is 0 Å². The summed E-state index contributed by atoms with van der Waals surface area (Å²) in [5, 5.41) is 0.774. The van der Waals surface area contributed by atoms with Gasteiger partial charge in [-0.25, -0.2) is 0 Å². The predicted octanol–water partition coefficient (Wildman–Crippen LogP) is 7.76. The van der Waals surface area contributed by atoms with E-state index in [0.29, 0.717) is 5.41 Å². The molecular weight excluding hydrogens is 552 g/mol. The quantitative estimate of drug-likeness (QED) is 0.178. The van der Waals surface area contributed by atoms with E-state index in [4.69, 9.17) is 13.9 Å². The summed E-state index contributed by atoms with van der Waals surface area (Å²) >= 11 is 2.19. The first-order valence-corrected chi connectivity index (χ1v) is 19.1. The average molecular weight is 611 g/mol. The Morgan fingerprint density at radius 1 is 0.884 bits per heavy atom. The molecule has 3 heterocycles. The number of hydrogen-bond acceptors (Lipinski definition) is 6. The number of rotatable bonds is 12. The molecule has 240 valence electrons. The number of furan rings is 1. The smallest absolute Gasteiger partial charge is 0.102 e. The molecular formula is C37H58N2O3S. The van der Waals surface area contributed by atoms with Crippen LogP contribution in [0.5, 0.6) is 0 Å². The number of thioether (sulfide) groups is 1. The molecule has 7 rings (SSSR count). The van der Waals surface area contributed by atoms with Crippen LogP contribution in [0.2, 0.25) is 0 Å². The summed E-state index contributed by atoms with van der Waals surface area (Å²) in [7, 11) is 0. The number of likely N-dealkylation sites (tertiary alicyclic amines) is 2. The lowest BCUT2D eigenvalue weighted by atomic mass is 9.46. The minimum atomic E-state index is -0.203. The second kappa shape index (κ2) is 13.1. The zero-order chi connectivity index (χ0) is 29.3. The molecule has 6 aliphatic rings. The van der Waals surface area contributed by atoms with Crippen molar-refractivity contribution in [3.8, 4) is 0 Å². The van der Waals surface area contributed by atoms with Crippen LogP contribution in [0.3, 0.4) is 0 Å². The molecule has 0 radical (unpaired) electrons. The van der Waals surface area contributed by atoms with E-state index in [1.807, 2.05) is 12.5 Å². The lowest BCUT2D eigenvalue weighted by molar-refractivity contribution is -0.165. The topological polar surface area (TPSA) is 38.1 Å². The van der Waals surface area contributed by atoms with Crippen molar-refractivity contribution < 1.29 is 13.9 Å². The van der Waals surface area contributed by atoms with E-state index >= 15 is 0 Å². The van der Waals surface area contributed by atoms with E-state index < -0.39 is 0 Å². The van der Waals surface area contributed by atoms with Gasteiger partial charge in [0.1, 0.15) is 5.60 Å². The van der Waals surface area contributed by atoms with Crippen molar-refractivity contribution in [2.75, 3.05) is 64.8 Å². The van der Waals surface area contributed by atoms with Crippen LogP contribution < -0.4 is 0 Å². The normalized spacial score (nSPS) is 39.9. The van der Waals surface area contributed by atoms with Crippen molar-refractivity contribution >= 4 is 11.8 Å². The number of nitrogens with zero attached hydrogens (tertiary/aromatic N) is 2. The SMILES string of the molecule is C[C@]12CC[C@H](SCCOCCN3CCCC3)CC1=CC[C@@H]1[C@@H]2CC[C@@]2(C)[C@H]1CC[C@@]2(OCCN1CCCC1)c1ccoc1. The zero-order valence-electron chi connectivity index (χ0n) is 27.2. The summed E-state index contributed by atoms with van der Waals surface area (Å²) in [4.78, 5) is 5.15. The van der Waals surface area contributed by atoms with E-state index in [0.717, 1.165) is 68.1 Å². The second-order valence-electron chi connectivity index (χ2n) is 15.4. The molecule has 2 aliphatic heterocycles. The molecule has 0 spiro atoms. The molecule has 3 saturated carbocycles. The number of allylic oxidation sites excluding steroid dienone is 2. The Labute approximate surface area is 265 Å². The van der Waals surface area contributed by atoms with Crippen LogP contribution in [0.4, 0.5) is 0 Å². The summed E-state index contributed by atoms with van der Waals surface area (Å²) in [6, 6.07) is 2.22. The van der Waals surface area contributed by atoms with Gasteiger partial charge in [-0.3, -0.25) is 0 Å². The van der Waals surface area contributed by atoms with Gasteiger partial charge in [0.15, 0.2) is 0 Å². The highest BCUT2D eigenvalue weighted by molar-refractivity contribution is 7.99. The average Bonchev–Trinajstić information content (AvgIpc) is 3.83. The molecule has 0 N–H and O–H groups in total. The first-order chi connectivity index (χ1) is 21.0. The molecule has 1 aromatic heterocycles. The van der Waals surface area contributed by atoms with Gasteiger partial charge in [-0.05, 0) is 132 Å². The highest BCUT2D eigenvalue weighted by atomic mass is 32.2. The lowest BCUT2D eigenvalue weighted by Gasteiger charge is -2.59. The van der Waals surface area contributed by atoms with Crippen LogP contribution in [0.25, 0.3) is 0 Å². The molecule has 5 nitrogen and oxygen atoms in total. The van der Waals surface area contributed by atoms with Gasteiger partial charge in [-0.1, -0.05) is 25.5 Å². The first-order valence-electron chi connectivity index (χ1n) is 18.0. The van der Waals surface area contributed by atoms with Crippen LogP contribution in [0.1, 0.15) is 96.5 Å². The fraction of sp³-hybridized carbons (Fsp3) is 0.838. The fourth-order valence-corrected chi connectivity index (χ4v) is 12.1. The van der Waals surface area contributed by atoms with Crippen LogP contribution in [-0.2, 0) is 15.1 Å². The summed E-state index contributed by atoms with van der Waals surface area (Å²) in [6.45, 7) is 15.1. The van der Waals surface area contributed by atoms with E-state index in [1.165, 1.54) is 102 Å². The van der Waals surface area contributed by atoms with Crippen LogP contribution in [0.15, 0.2) is 34.7 Å². The minimum Gasteiger partial charge on any atom is -0.472 e. The van der Waals surface area contributed by atoms with E-state index in [-0.39, 0.29) is 11.0 Å². The van der Waals surface area contributed by atoms with Crippen molar-refractivity contribution in [3.63, 3.8) is 0 Å². The molecule has 0 bridgehead atoms. The van der Waals surface area contributed by atoms with Crippen molar-refractivity contribution in [1.29, 1.82) is 0 Å². The Morgan fingerprint density at radius 2 is 1.63 bits per heavy atom. The van der Waals surface area contributed by atoms with Crippen molar-refractivity contribution in [2.24, 2.45) is 28.6 Å². The Morgan fingerprint density at radius 3 is 2.37 bits per heavy atom. The van der Waals surface area contributed by atoms with Gasteiger partial charge in [0.2, 0.25) is 0 Å². The molecule has 6 heteroatoms. The zero-order valence-corrected chi connectivity index (χ0v) is 28.0. The van der Waals surface area contributed by atoms with Crippen LogP contribution in [0, 0.1) is 28.6 Å². The highest BCUT2D eigenvalue weighted by Gasteiger charge is 2.65. The molecule has 1 aromatic rings. The molecule has 7 atom stereocenters. The van der Waals surface area contributed by atoms with Crippen molar-refractivity contribution in [1.82, 2.24) is 9.80 Å². The Bertz CT molecular complexity index is 1080. The number of hydrogen-bond donors (Lipinski definition) is 0. The standard InChI is InChI=1S/C37H58N2O3S/c1-35-13-9-31(43-26-25-40-23-20-38-16-3-4-17-38)27-29(35)7-8-32-33(35)10-14-36(2)34(32)11-15-37(36,30-12-22-41-28-30)42-24-21-39-18-5-6-19-39/h7,12,22,28,31-34H,3-6,8-11,13-21,23-27H2,1-2H3/t31-,32+,33-,34-,35-,36-,37+/m0/s1. The fourth-order valence-electron chi connectivity index (χ4n) is 11.0. The second-order valence-corrected chi connectivity index (χ2v) is 16.8. The molecule has 0 unspecified atom stereocenters. The minimum absolute atomic E-state index is 0.173. The number of fused-ring (bicyclic) bond motifs is 5. The summed E-state index contributed by atoms with van der Waals surface area (Å²) in [6.07, 6.45) is 22.4. The van der Waals surface area contributed by atoms with Crippen molar-refractivity contribution in [2.45, 2.75) is 102 Å². The molecule has 43 heavy (non-hydrogen) atoms. The maximum atomic E-state index is 7.15. The first kappa shape index (κ1) is 30.8. The largest absolute Gasteiger partial charge is 0.472 e. The maximum Gasteiger partial charge on any atom is 0.102 e. The molecule has 0 amide bonds. The molecule has 5 fully saturated rings. The molecule has 4 aliphatic carbocycles. The van der Waals surface area contributed by atoms with E-state index in [9.17, 15) is 0 Å². The molecule has 2 saturated heterocycles. The van der Waals surface area contributed by atoms with Crippen LogP contribution >= 0.6 is 11.8 Å².